The second-order valence-electron chi connectivity index (χ2n) is 7.01. The Kier molecular flexibility index (Phi) is 4.94. The van der Waals surface area contributed by atoms with E-state index in [0.717, 1.165) is 41.5 Å². The molecule has 5 heteroatoms. The van der Waals surface area contributed by atoms with E-state index in [9.17, 15) is 4.39 Å². The van der Waals surface area contributed by atoms with Gasteiger partial charge in [-0.05, 0) is 19.1 Å². The summed E-state index contributed by atoms with van der Waals surface area (Å²) in [5.41, 5.74) is 3.83. The average Bonchev–Trinajstić information content (AvgIpc) is 2.92. The van der Waals surface area contributed by atoms with Crippen LogP contribution in [-0.2, 0) is 19.5 Å². The summed E-state index contributed by atoms with van der Waals surface area (Å²) < 4.78 is 20.7. The fraction of sp³-hybridized carbons (Fsp3) is 0.318. The van der Waals surface area contributed by atoms with E-state index in [1.807, 2.05) is 24.3 Å². The lowest BCUT2D eigenvalue weighted by Gasteiger charge is -2.24. The van der Waals surface area contributed by atoms with Crippen LogP contribution >= 0.6 is 0 Å². The van der Waals surface area contributed by atoms with E-state index in [1.54, 1.807) is 12.1 Å². The van der Waals surface area contributed by atoms with Crippen LogP contribution in [0.15, 0.2) is 48.5 Å². The van der Waals surface area contributed by atoms with Crippen LogP contribution in [0.4, 0.5) is 4.39 Å². The van der Waals surface area contributed by atoms with Crippen LogP contribution in [0.3, 0.4) is 0 Å². The molecule has 1 atom stereocenters. The minimum Gasteiger partial charge on any atom is -0.484 e. The zero-order valence-corrected chi connectivity index (χ0v) is 15.7. The van der Waals surface area contributed by atoms with Gasteiger partial charge in [0.25, 0.3) is 0 Å². The van der Waals surface area contributed by atoms with E-state index in [-0.39, 0.29) is 11.9 Å². The van der Waals surface area contributed by atoms with Crippen LogP contribution in [0.25, 0.3) is 0 Å². The van der Waals surface area contributed by atoms with Crippen molar-refractivity contribution in [1.82, 2.24) is 14.9 Å². The number of benzene rings is 2. The first kappa shape index (κ1) is 17.7. The van der Waals surface area contributed by atoms with E-state index < -0.39 is 0 Å². The number of para-hydroxylation sites is 1. The van der Waals surface area contributed by atoms with Crippen molar-refractivity contribution in [1.29, 1.82) is 0 Å². The van der Waals surface area contributed by atoms with E-state index >= 15 is 0 Å². The Morgan fingerprint density at radius 3 is 2.74 bits per heavy atom. The Bertz CT molecular complexity index is 937. The fourth-order valence-corrected chi connectivity index (χ4v) is 3.59. The minimum atomic E-state index is -0.361. The molecular formula is C22H24FN3O. The lowest BCUT2D eigenvalue weighted by Crippen LogP contribution is -2.28. The molecule has 2 aromatic carbocycles. The van der Waals surface area contributed by atoms with Crippen molar-refractivity contribution in [2.24, 2.45) is 0 Å². The number of halogens is 1. The molecule has 1 N–H and O–H groups in total. The molecule has 0 unspecified atom stereocenters. The first-order valence-electron chi connectivity index (χ1n) is 9.39. The SMILES string of the molecule is CCc1nc(CN2Cc3ccccc3O[C@@H](c3ccccc3F)C2)c(C)[nH]1. The fourth-order valence-electron chi connectivity index (χ4n) is 3.59. The molecule has 2 heterocycles. The highest BCUT2D eigenvalue weighted by Crippen LogP contribution is 2.32. The molecule has 27 heavy (non-hydrogen) atoms. The Balaban J connectivity index is 1.67. The molecule has 0 saturated heterocycles. The van der Waals surface area contributed by atoms with Gasteiger partial charge in [0.05, 0.1) is 5.69 Å². The van der Waals surface area contributed by atoms with E-state index in [1.165, 1.54) is 6.07 Å². The maximum absolute atomic E-state index is 14.4. The lowest BCUT2D eigenvalue weighted by atomic mass is 10.1. The summed E-state index contributed by atoms with van der Waals surface area (Å²) in [7, 11) is 0. The predicted molar refractivity (Wildman–Crippen MR) is 103 cm³/mol. The van der Waals surface area contributed by atoms with Gasteiger partial charge >= 0.3 is 0 Å². The number of hydrogen-bond acceptors (Lipinski definition) is 3. The van der Waals surface area contributed by atoms with Gasteiger partial charge < -0.3 is 9.72 Å². The third-order valence-corrected chi connectivity index (χ3v) is 5.05. The van der Waals surface area contributed by atoms with Gasteiger partial charge in [-0.2, -0.15) is 0 Å². The Morgan fingerprint density at radius 2 is 1.96 bits per heavy atom. The lowest BCUT2D eigenvalue weighted by molar-refractivity contribution is 0.140. The van der Waals surface area contributed by atoms with Gasteiger partial charge in [0, 0.05) is 42.9 Å². The number of nitrogens with one attached hydrogen (secondary N) is 1. The highest BCUT2D eigenvalue weighted by Gasteiger charge is 2.26. The first-order chi connectivity index (χ1) is 13.1. The third-order valence-electron chi connectivity index (χ3n) is 5.05. The molecule has 0 aliphatic carbocycles. The summed E-state index contributed by atoms with van der Waals surface area (Å²) in [5, 5.41) is 0. The molecular weight excluding hydrogens is 341 g/mol. The van der Waals surface area contributed by atoms with Crippen LogP contribution in [0.1, 0.15) is 41.4 Å². The van der Waals surface area contributed by atoms with Crippen LogP contribution in [0.5, 0.6) is 5.75 Å². The number of imidazole rings is 1. The van der Waals surface area contributed by atoms with Crippen molar-refractivity contribution >= 4 is 0 Å². The summed E-state index contributed by atoms with van der Waals surface area (Å²) in [5.74, 6) is 1.59. The Hall–Kier alpha value is -2.66. The molecule has 140 valence electrons. The maximum atomic E-state index is 14.4. The van der Waals surface area contributed by atoms with Crippen molar-refractivity contribution in [3.05, 3.63) is 82.7 Å². The van der Waals surface area contributed by atoms with Gasteiger partial charge in [-0.1, -0.05) is 43.3 Å². The summed E-state index contributed by atoms with van der Waals surface area (Å²) in [6, 6.07) is 14.9. The first-order valence-corrected chi connectivity index (χ1v) is 9.39. The molecule has 0 bridgehead atoms. The number of fused-ring (bicyclic) bond motifs is 1. The van der Waals surface area contributed by atoms with Gasteiger partial charge in [-0.25, -0.2) is 9.37 Å². The summed E-state index contributed by atoms with van der Waals surface area (Å²) in [4.78, 5) is 10.3. The van der Waals surface area contributed by atoms with Crippen LogP contribution in [-0.4, -0.2) is 21.4 Å². The molecule has 0 spiro atoms. The average molecular weight is 365 g/mol. The Morgan fingerprint density at radius 1 is 1.19 bits per heavy atom. The van der Waals surface area contributed by atoms with Gasteiger partial charge in [0.1, 0.15) is 23.5 Å². The molecule has 4 rings (SSSR count). The monoisotopic (exact) mass is 365 g/mol. The third kappa shape index (κ3) is 3.74. The van der Waals surface area contributed by atoms with Crippen molar-refractivity contribution in [3.8, 4) is 5.75 Å². The molecule has 0 radical (unpaired) electrons. The highest BCUT2D eigenvalue weighted by molar-refractivity contribution is 5.35. The second-order valence-corrected chi connectivity index (χ2v) is 7.01. The van der Waals surface area contributed by atoms with Crippen LogP contribution in [0.2, 0.25) is 0 Å². The molecule has 4 nitrogen and oxygen atoms in total. The maximum Gasteiger partial charge on any atom is 0.139 e. The van der Waals surface area contributed by atoms with Gasteiger partial charge in [-0.3, -0.25) is 4.90 Å². The zero-order valence-electron chi connectivity index (χ0n) is 15.7. The van der Waals surface area contributed by atoms with Crippen LogP contribution < -0.4 is 4.74 Å². The summed E-state index contributed by atoms with van der Waals surface area (Å²) >= 11 is 0. The van der Waals surface area contributed by atoms with E-state index in [4.69, 9.17) is 9.72 Å². The molecule has 1 aliphatic heterocycles. The quantitative estimate of drug-likeness (QED) is 0.737. The molecule has 3 aromatic rings. The second kappa shape index (κ2) is 7.53. The standard InChI is InChI=1S/C22H24FN3O/c1-3-22-24-15(2)19(25-22)13-26-12-16-8-4-7-11-20(16)27-21(14-26)17-9-5-6-10-18(17)23/h4-11,21H,3,12-14H2,1-2H3,(H,24,25)/t21-/m1/s1. The Labute approximate surface area is 159 Å². The summed E-state index contributed by atoms with van der Waals surface area (Å²) in [6.45, 7) is 6.19. The van der Waals surface area contributed by atoms with Gasteiger partial charge in [-0.15, -0.1) is 0 Å². The summed E-state index contributed by atoms with van der Waals surface area (Å²) in [6.07, 6.45) is 0.518. The smallest absolute Gasteiger partial charge is 0.139 e. The zero-order chi connectivity index (χ0) is 18.8. The molecule has 0 fully saturated rings. The van der Waals surface area contributed by atoms with Crippen LogP contribution in [0, 0.1) is 12.7 Å². The number of nitrogens with zero attached hydrogens (tertiary/aromatic N) is 2. The molecule has 0 saturated carbocycles. The minimum absolute atomic E-state index is 0.231. The number of aryl methyl sites for hydroxylation is 2. The van der Waals surface area contributed by atoms with Crippen molar-refractivity contribution in [2.45, 2.75) is 39.5 Å². The van der Waals surface area contributed by atoms with Crippen molar-refractivity contribution in [3.63, 3.8) is 0 Å². The number of hydrogen-bond donors (Lipinski definition) is 1. The van der Waals surface area contributed by atoms with Gasteiger partial charge in [0.15, 0.2) is 0 Å². The predicted octanol–water partition coefficient (Wildman–Crippen LogP) is 4.56. The highest BCUT2D eigenvalue weighted by atomic mass is 19.1. The number of rotatable bonds is 4. The number of aromatic nitrogens is 2. The van der Waals surface area contributed by atoms with Crippen molar-refractivity contribution in [2.75, 3.05) is 6.54 Å². The number of H-pyrrole nitrogens is 1. The number of ether oxygens (including phenoxy) is 1. The van der Waals surface area contributed by atoms with Crippen molar-refractivity contribution < 1.29 is 9.13 Å². The van der Waals surface area contributed by atoms with E-state index in [2.05, 4.69) is 29.8 Å². The normalized spacial score (nSPS) is 17.2. The largest absolute Gasteiger partial charge is 0.484 e. The van der Waals surface area contributed by atoms with Gasteiger partial charge in [0.2, 0.25) is 0 Å². The molecule has 0 amide bonds. The topological polar surface area (TPSA) is 41.2 Å². The van der Waals surface area contributed by atoms with E-state index in [0.29, 0.717) is 18.7 Å². The molecule has 1 aliphatic rings. The number of aromatic amines is 1. The molecule has 1 aromatic heterocycles.